The second-order valence-electron chi connectivity index (χ2n) is 8.07. The molecule has 2 bridgehead atoms. The van der Waals surface area contributed by atoms with Gasteiger partial charge in [0.2, 0.25) is 0 Å². The van der Waals surface area contributed by atoms with Crippen LogP contribution in [-0.4, -0.2) is 22.6 Å². The number of fused-ring (bicyclic) bond motifs is 4. The van der Waals surface area contributed by atoms with Crippen molar-refractivity contribution in [2.45, 2.75) is 25.4 Å². The van der Waals surface area contributed by atoms with Crippen LogP contribution >= 0.6 is 0 Å². The van der Waals surface area contributed by atoms with Gasteiger partial charge in [-0.25, -0.2) is 0 Å². The van der Waals surface area contributed by atoms with Gasteiger partial charge in [-0.2, -0.15) is 0 Å². The van der Waals surface area contributed by atoms with Crippen molar-refractivity contribution in [3.63, 3.8) is 0 Å². The van der Waals surface area contributed by atoms with Crippen molar-refractivity contribution < 1.29 is 14.2 Å². The lowest BCUT2D eigenvalue weighted by atomic mass is 9.83. The molecule has 2 aliphatic heterocycles. The number of rotatable bonds is 4. The molecule has 0 amide bonds. The molecule has 2 aromatic heterocycles. The molecule has 2 aliphatic rings. The van der Waals surface area contributed by atoms with E-state index in [-0.39, 0.29) is 16.2 Å². The molecule has 4 heterocycles. The molecule has 29 heavy (non-hydrogen) atoms. The van der Waals surface area contributed by atoms with Crippen LogP contribution in [-0.2, 0) is 13.1 Å². The highest BCUT2D eigenvalue weighted by Crippen LogP contribution is 2.32. The van der Waals surface area contributed by atoms with Gasteiger partial charge >= 0.3 is 0 Å². The molecule has 1 unspecified atom stereocenters. The minimum absolute atomic E-state index is 0.0512. The Bertz CT molecular complexity index is 1130. The second kappa shape index (κ2) is 7.00. The van der Waals surface area contributed by atoms with E-state index in [0.29, 0.717) is 23.2 Å². The molecule has 148 valence electrons. The number of aromatic nitrogens is 1. The number of quaternary nitrogens is 1. The van der Waals surface area contributed by atoms with Crippen molar-refractivity contribution in [3.05, 3.63) is 86.5 Å². The first kappa shape index (κ1) is 17.9. The Labute approximate surface area is 167 Å². The maximum Gasteiger partial charge on any atom is 0.280 e. The summed E-state index contributed by atoms with van der Waals surface area (Å²) >= 11 is 0. The summed E-state index contributed by atoms with van der Waals surface area (Å²) in [4.78, 5) is 24.5. The van der Waals surface area contributed by atoms with Crippen LogP contribution in [0, 0.1) is 16.0 Å². The van der Waals surface area contributed by atoms with Crippen LogP contribution in [0.15, 0.2) is 63.8 Å². The lowest BCUT2D eigenvalue weighted by Crippen LogP contribution is -3.13. The van der Waals surface area contributed by atoms with E-state index in [1.165, 1.54) is 11.0 Å². The molecule has 5 rings (SSSR count). The number of hydrogen-bond donors (Lipinski definition) is 1. The van der Waals surface area contributed by atoms with E-state index >= 15 is 0 Å². The summed E-state index contributed by atoms with van der Waals surface area (Å²) in [5.74, 6) is 2.23. The maximum absolute atomic E-state index is 12.2. The Morgan fingerprint density at radius 1 is 1.10 bits per heavy atom. The van der Waals surface area contributed by atoms with Gasteiger partial charge in [0.15, 0.2) is 5.76 Å². The van der Waals surface area contributed by atoms with Crippen LogP contribution in [0.1, 0.15) is 23.8 Å². The minimum atomic E-state index is -0.381. The summed E-state index contributed by atoms with van der Waals surface area (Å²) in [6.45, 7) is 3.49. The molecule has 3 atom stereocenters. The van der Waals surface area contributed by atoms with Crippen LogP contribution in [0.2, 0.25) is 0 Å². The first-order valence-corrected chi connectivity index (χ1v) is 9.94. The zero-order valence-electron chi connectivity index (χ0n) is 15.9. The van der Waals surface area contributed by atoms with E-state index < -0.39 is 0 Å². The smallest absolute Gasteiger partial charge is 0.280 e. The van der Waals surface area contributed by atoms with Crippen molar-refractivity contribution >= 4 is 5.69 Å². The third-order valence-electron chi connectivity index (χ3n) is 6.12. The molecular formula is C22H22N3O4+. The van der Waals surface area contributed by atoms with E-state index in [9.17, 15) is 14.9 Å². The van der Waals surface area contributed by atoms with E-state index in [1.54, 1.807) is 24.3 Å². The monoisotopic (exact) mass is 392 g/mol. The van der Waals surface area contributed by atoms with Crippen LogP contribution in [0.25, 0.3) is 11.3 Å². The number of para-hydroxylation sites is 1. The van der Waals surface area contributed by atoms with Gasteiger partial charge < -0.3 is 13.9 Å². The SMILES string of the molecule is O=c1cccc2n1C[C@H]1C[C@@H]2C[NH+](Cc2ccc(-c3ccccc3[N+](=O)[O-])o2)C1. The Morgan fingerprint density at radius 3 is 2.83 bits per heavy atom. The summed E-state index contributed by atoms with van der Waals surface area (Å²) in [5, 5.41) is 11.3. The van der Waals surface area contributed by atoms with Gasteiger partial charge in [-0.15, -0.1) is 0 Å². The average Bonchev–Trinajstić information content (AvgIpc) is 3.17. The van der Waals surface area contributed by atoms with E-state index in [1.807, 2.05) is 22.8 Å². The number of nitrogens with one attached hydrogen (secondary N) is 1. The van der Waals surface area contributed by atoms with Gasteiger partial charge in [-0.05, 0) is 30.7 Å². The first-order valence-electron chi connectivity index (χ1n) is 9.94. The lowest BCUT2D eigenvalue weighted by molar-refractivity contribution is -0.925. The standard InChI is InChI=1S/C22H21N3O4/c26-22-7-3-6-19-16-10-15(12-24(19)22)11-23(13-16)14-17-8-9-21(29-17)18-4-1-2-5-20(18)25(27)28/h1-9,15-16H,10-14H2/p+1/t15-,16+/m0/s1. The third kappa shape index (κ3) is 3.27. The van der Waals surface area contributed by atoms with Gasteiger partial charge in [-0.1, -0.05) is 18.2 Å². The Morgan fingerprint density at radius 2 is 1.97 bits per heavy atom. The van der Waals surface area contributed by atoms with E-state index in [4.69, 9.17) is 4.42 Å². The normalized spacial score (nSPS) is 22.8. The summed E-state index contributed by atoms with van der Waals surface area (Å²) in [6, 6.07) is 16.0. The zero-order valence-corrected chi connectivity index (χ0v) is 15.9. The van der Waals surface area contributed by atoms with E-state index in [2.05, 4.69) is 6.07 Å². The van der Waals surface area contributed by atoms with Crippen LogP contribution in [0.5, 0.6) is 0 Å². The predicted octanol–water partition coefficient (Wildman–Crippen LogP) is 2.22. The third-order valence-corrected chi connectivity index (χ3v) is 6.12. The fraction of sp³-hybridized carbons (Fsp3) is 0.318. The molecule has 1 aromatic carbocycles. The van der Waals surface area contributed by atoms with Gasteiger partial charge in [0.25, 0.3) is 11.2 Å². The second-order valence-corrected chi connectivity index (χ2v) is 8.07. The quantitative estimate of drug-likeness (QED) is 0.545. The largest absolute Gasteiger partial charge is 0.455 e. The number of likely N-dealkylation sites (tertiary alicyclic amines) is 1. The fourth-order valence-electron chi connectivity index (χ4n) is 4.97. The van der Waals surface area contributed by atoms with Crippen LogP contribution in [0.3, 0.4) is 0 Å². The number of nitrogens with zero attached hydrogens (tertiary/aromatic N) is 2. The maximum atomic E-state index is 12.2. The fourth-order valence-corrected chi connectivity index (χ4v) is 4.97. The number of nitro groups is 1. The van der Waals surface area contributed by atoms with Crippen molar-refractivity contribution in [2.75, 3.05) is 13.1 Å². The Balaban J connectivity index is 1.36. The van der Waals surface area contributed by atoms with Gasteiger partial charge in [0.05, 0.1) is 23.6 Å². The molecule has 7 heteroatoms. The highest BCUT2D eigenvalue weighted by atomic mass is 16.6. The molecule has 1 N–H and O–H groups in total. The summed E-state index contributed by atoms with van der Waals surface area (Å²) in [5.41, 5.74) is 1.80. The molecule has 0 saturated carbocycles. The van der Waals surface area contributed by atoms with Gasteiger partial charge in [-0.3, -0.25) is 14.9 Å². The topological polar surface area (TPSA) is 82.7 Å². The lowest BCUT2D eigenvalue weighted by Gasteiger charge is -2.40. The van der Waals surface area contributed by atoms with Crippen LogP contribution in [0.4, 0.5) is 5.69 Å². The summed E-state index contributed by atoms with van der Waals surface area (Å²) in [6.07, 6.45) is 1.13. The van der Waals surface area contributed by atoms with Crippen LogP contribution < -0.4 is 10.5 Å². The van der Waals surface area contributed by atoms with Gasteiger partial charge in [0.1, 0.15) is 12.3 Å². The van der Waals surface area contributed by atoms with Crippen molar-refractivity contribution in [1.82, 2.24) is 4.57 Å². The first-order chi connectivity index (χ1) is 14.1. The number of pyridine rings is 1. The summed E-state index contributed by atoms with van der Waals surface area (Å²) < 4.78 is 7.93. The molecule has 3 aromatic rings. The molecular weight excluding hydrogens is 370 g/mol. The number of benzene rings is 1. The average molecular weight is 392 g/mol. The zero-order chi connectivity index (χ0) is 20.0. The Hall–Kier alpha value is -3.19. The highest BCUT2D eigenvalue weighted by Gasteiger charge is 2.37. The highest BCUT2D eigenvalue weighted by molar-refractivity contribution is 5.69. The predicted molar refractivity (Wildman–Crippen MR) is 107 cm³/mol. The molecule has 0 spiro atoms. The molecule has 1 fully saturated rings. The molecule has 0 aliphatic carbocycles. The number of furan rings is 1. The number of hydrogen-bond acceptors (Lipinski definition) is 4. The molecule has 1 saturated heterocycles. The minimum Gasteiger partial charge on any atom is -0.455 e. The number of piperidine rings is 1. The van der Waals surface area contributed by atoms with Crippen molar-refractivity contribution in [2.24, 2.45) is 5.92 Å². The van der Waals surface area contributed by atoms with E-state index in [0.717, 1.165) is 44.1 Å². The summed E-state index contributed by atoms with van der Waals surface area (Å²) in [7, 11) is 0. The van der Waals surface area contributed by atoms with Crippen molar-refractivity contribution in [1.29, 1.82) is 0 Å². The van der Waals surface area contributed by atoms with Gasteiger partial charge in [0, 0.05) is 36.2 Å². The number of nitro benzene ring substituents is 1. The Kier molecular flexibility index (Phi) is 4.32. The molecule has 0 radical (unpaired) electrons. The van der Waals surface area contributed by atoms with Crippen molar-refractivity contribution in [3.8, 4) is 11.3 Å². The molecule has 7 nitrogen and oxygen atoms in total.